The first-order valence-corrected chi connectivity index (χ1v) is 9.25. The molecular formula is C20H13N5O2S. The minimum atomic E-state index is -0.487. The third-order valence-electron chi connectivity index (χ3n) is 4.17. The van der Waals surface area contributed by atoms with Crippen molar-refractivity contribution < 1.29 is 4.92 Å². The fourth-order valence-electron chi connectivity index (χ4n) is 2.81. The lowest BCUT2D eigenvalue weighted by Crippen LogP contribution is -2.02. The number of fused-ring (bicyclic) bond motifs is 1. The lowest BCUT2D eigenvalue weighted by atomic mass is 10.1. The van der Waals surface area contributed by atoms with E-state index in [9.17, 15) is 15.4 Å². The molecule has 2 aromatic heterocycles. The highest BCUT2D eigenvalue weighted by atomic mass is 32.1. The summed E-state index contributed by atoms with van der Waals surface area (Å²) >= 11 is 1.54. The zero-order chi connectivity index (χ0) is 19.5. The molecule has 136 valence electrons. The van der Waals surface area contributed by atoms with E-state index in [2.05, 4.69) is 21.4 Å². The molecule has 0 aliphatic carbocycles. The third kappa shape index (κ3) is 3.51. The lowest BCUT2D eigenvalue weighted by Gasteiger charge is -2.07. The average molecular weight is 387 g/mol. The molecule has 28 heavy (non-hydrogen) atoms. The van der Waals surface area contributed by atoms with Crippen LogP contribution in [0, 0.1) is 21.4 Å². The quantitative estimate of drug-likeness (QED) is 0.391. The summed E-state index contributed by atoms with van der Waals surface area (Å²) < 4.78 is 0. The van der Waals surface area contributed by atoms with Crippen molar-refractivity contribution in [1.29, 1.82) is 5.26 Å². The van der Waals surface area contributed by atoms with Gasteiger partial charge in [0, 0.05) is 28.5 Å². The maximum Gasteiger partial charge on any atom is 0.270 e. The number of aromatic nitrogens is 2. The smallest absolute Gasteiger partial charge is 0.270 e. The summed E-state index contributed by atoms with van der Waals surface area (Å²) in [6, 6.07) is 17.9. The first kappa shape index (κ1) is 17.6. The molecule has 0 aliphatic heterocycles. The minimum absolute atomic E-state index is 0.0669. The fraction of sp³-hybridized carbons (Fsp3) is 0.0500. The molecule has 0 saturated carbocycles. The van der Waals surface area contributed by atoms with Crippen molar-refractivity contribution in [2.75, 3.05) is 5.32 Å². The van der Waals surface area contributed by atoms with Crippen LogP contribution in [0.3, 0.4) is 0 Å². The van der Waals surface area contributed by atoms with Crippen molar-refractivity contribution in [3.05, 3.63) is 80.7 Å². The number of thiazole rings is 1. The SMILES string of the molecule is N#Cc1cc(NCc2nc(-c3ccccc3)cs2)nc2ccc([N+](=O)[O-])cc12. The Morgan fingerprint density at radius 3 is 2.71 bits per heavy atom. The molecule has 0 radical (unpaired) electrons. The number of nitro benzene ring substituents is 1. The van der Waals surface area contributed by atoms with Crippen LogP contribution in [0.4, 0.5) is 11.5 Å². The first-order chi connectivity index (χ1) is 13.6. The summed E-state index contributed by atoms with van der Waals surface area (Å²) in [5.74, 6) is 0.523. The van der Waals surface area contributed by atoms with Crippen LogP contribution in [0.1, 0.15) is 10.6 Å². The summed E-state index contributed by atoms with van der Waals surface area (Å²) in [5.41, 5.74) is 2.76. The van der Waals surface area contributed by atoms with Crippen molar-refractivity contribution in [3.63, 3.8) is 0 Å². The number of rotatable bonds is 5. The molecule has 4 rings (SSSR count). The standard InChI is InChI=1S/C20H13N5O2S/c21-10-14-8-19(23-17-7-6-15(25(26)27)9-16(14)17)22-11-20-24-18(12-28-20)13-4-2-1-3-5-13/h1-9,12H,11H2,(H,22,23). The largest absolute Gasteiger partial charge is 0.364 e. The zero-order valence-electron chi connectivity index (χ0n) is 14.5. The van der Waals surface area contributed by atoms with Gasteiger partial charge in [0.15, 0.2) is 0 Å². The van der Waals surface area contributed by atoms with Crippen LogP contribution in [-0.4, -0.2) is 14.9 Å². The van der Waals surface area contributed by atoms with Crippen molar-refractivity contribution in [3.8, 4) is 17.3 Å². The Hall–Kier alpha value is -3.83. The maximum atomic E-state index is 11.0. The predicted molar refractivity (Wildman–Crippen MR) is 108 cm³/mol. The second kappa shape index (κ2) is 7.42. The molecule has 1 N–H and O–H groups in total. The zero-order valence-corrected chi connectivity index (χ0v) is 15.3. The van der Waals surface area contributed by atoms with Gasteiger partial charge in [-0.2, -0.15) is 5.26 Å². The van der Waals surface area contributed by atoms with Gasteiger partial charge in [-0.1, -0.05) is 30.3 Å². The molecule has 4 aromatic rings. The van der Waals surface area contributed by atoms with E-state index >= 15 is 0 Å². The molecule has 7 nitrogen and oxygen atoms in total. The van der Waals surface area contributed by atoms with Gasteiger partial charge in [-0.05, 0) is 12.1 Å². The molecule has 0 bridgehead atoms. The van der Waals surface area contributed by atoms with Gasteiger partial charge in [0.1, 0.15) is 10.8 Å². The summed E-state index contributed by atoms with van der Waals surface area (Å²) in [5, 5.41) is 26.9. The van der Waals surface area contributed by atoms with Crippen LogP contribution in [0.5, 0.6) is 0 Å². The highest BCUT2D eigenvalue weighted by molar-refractivity contribution is 7.09. The second-order valence-corrected chi connectivity index (χ2v) is 6.91. The second-order valence-electron chi connectivity index (χ2n) is 5.97. The van der Waals surface area contributed by atoms with Gasteiger partial charge in [0.05, 0.1) is 34.3 Å². The number of hydrogen-bond acceptors (Lipinski definition) is 7. The van der Waals surface area contributed by atoms with Crippen LogP contribution in [0.15, 0.2) is 60.0 Å². The van der Waals surface area contributed by atoms with Crippen LogP contribution >= 0.6 is 11.3 Å². The van der Waals surface area contributed by atoms with Gasteiger partial charge < -0.3 is 5.32 Å². The average Bonchev–Trinajstić information content (AvgIpc) is 3.21. The molecule has 2 heterocycles. The molecular weight excluding hydrogens is 374 g/mol. The van der Waals surface area contributed by atoms with Gasteiger partial charge in [-0.3, -0.25) is 10.1 Å². The maximum absolute atomic E-state index is 11.0. The molecule has 0 spiro atoms. The summed E-state index contributed by atoms with van der Waals surface area (Å²) in [4.78, 5) is 19.5. The van der Waals surface area contributed by atoms with E-state index in [0.29, 0.717) is 28.8 Å². The highest BCUT2D eigenvalue weighted by Crippen LogP contribution is 2.26. The molecule has 0 unspecified atom stereocenters. The Morgan fingerprint density at radius 1 is 1.14 bits per heavy atom. The normalized spacial score (nSPS) is 10.5. The molecule has 0 amide bonds. The number of nitriles is 1. The molecule has 0 atom stereocenters. The van der Waals surface area contributed by atoms with Crippen LogP contribution in [-0.2, 0) is 6.54 Å². The molecule has 0 saturated heterocycles. The highest BCUT2D eigenvalue weighted by Gasteiger charge is 2.12. The number of benzene rings is 2. The Bertz CT molecular complexity index is 1210. The molecule has 8 heteroatoms. The predicted octanol–water partition coefficient (Wildman–Crippen LogP) is 4.75. The number of non-ortho nitro benzene ring substituents is 1. The Balaban J connectivity index is 1.57. The van der Waals surface area contributed by atoms with Crippen LogP contribution < -0.4 is 5.32 Å². The van der Waals surface area contributed by atoms with Crippen molar-refractivity contribution in [2.45, 2.75) is 6.54 Å². The van der Waals surface area contributed by atoms with Gasteiger partial charge in [-0.15, -0.1) is 11.3 Å². The van der Waals surface area contributed by atoms with E-state index in [1.807, 2.05) is 35.7 Å². The Morgan fingerprint density at radius 2 is 1.96 bits per heavy atom. The van der Waals surface area contributed by atoms with Gasteiger partial charge >= 0.3 is 0 Å². The van der Waals surface area contributed by atoms with Gasteiger partial charge in [0.25, 0.3) is 5.69 Å². The number of nitrogens with one attached hydrogen (secondary N) is 1. The van der Waals surface area contributed by atoms with Gasteiger partial charge in [-0.25, -0.2) is 9.97 Å². The van der Waals surface area contributed by atoms with E-state index in [0.717, 1.165) is 16.3 Å². The Labute approximate surface area is 164 Å². The number of anilines is 1. The summed E-state index contributed by atoms with van der Waals surface area (Å²) in [7, 11) is 0. The number of pyridine rings is 1. The topological polar surface area (TPSA) is 105 Å². The van der Waals surface area contributed by atoms with Crippen molar-refractivity contribution >= 4 is 33.7 Å². The van der Waals surface area contributed by atoms with E-state index < -0.39 is 4.92 Å². The van der Waals surface area contributed by atoms with Crippen LogP contribution in [0.25, 0.3) is 22.2 Å². The lowest BCUT2D eigenvalue weighted by molar-refractivity contribution is -0.384. The van der Waals surface area contributed by atoms with E-state index in [1.165, 1.54) is 12.1 Å². The Kier molecular flexibility index (Phi) is 4.66. The van der Waals surface area contributed by atoms with Crippen LogP contribution in [0.2, 0.25) is 0 Å². The first-order valence-electron chi connectivity index (χ1n) is 8.37. The van der Waals surface area contributed by atoms with Gasteiger partial charge in [0.2, 0.25) is 0 Å². The minimum Gasteiger partial charge on any atom is -0.364 e. The molecule has 0 aliphatic rings. The summed E-state index contributed by atoms with van der Waals surface area (Å²) in [6.07, 6.45) is 0. The van der Waals surface area contributed by atoms with E-state index in [-0.39, 0.29) is 5.69 Å². The molecule has 2 aromatic carbocycles. The monoisotopic (exact) mass is 387 g/mol. The number of nitro groups is 1. The van der Waals surface area contributed by atoms with E-state index in [4.69, 9.17) is 0 Å². The number of nitrogens with zero attached hydrogens (tertiary/aromatic N) is 4. The van der Waals surface area contributed by atoms with E-state index in [1.54, 1.807) is 23.5 Å². The fourth-order valence-corrected chi connectivity index (χ4v) is 3.55. The third-order valence-corrected chi connectivity index (χ3v) is 5.01. The summed E-state index contributed by atoms with van der Waals surface area (Å²) in [6.45, 7) is 0.466. The van der Waals surface area contributed by atoms with Crippen molar-refractivity contribution in [1.82, 2.24) is 9.97 Å². The van der Waals surface area contributed by atoms with Crippen molar-refractivity contribution in [2.24, 2.45) is 0 Å². The molecule has 0 fully saturated rings. The number of hydrogen-bond donors (Lipinski definition) is 1.